The van der Waals surface area contributed by atoms with Crippen molar-refractivity contribution in [2.24, 2.45) is 0 Å². The van der Waals surface area contributed by atoms with Gasteiger partial charge in [0.2, 0.25) is 0 Å². The molecule has 0 aliphatic carbocycles. The number of benzene rings is 2. The molecule has 2 amide bonds. The fraction of sp³-hybridized carbons (Fsp3) is 0.278. The van der Waals surface area contributed by atoms with Crippen LogP contribution in [-0.2, 0) is 19.5 Å². The van der Waals surface area contributed by atoms with E-state index in [0.717, 1.165) is 23.3 Å². The van der Waals surface area contributed by atoms with Crippen LogP contribution in [0.4, 0.5) is 4.79 Å². The first-order valence-corrected chi connectivity index (χ1v) is 7.62. The molecule has 1 heterocycles. The van der Waals surface area contributed by atoms with Gasteiger partial charge in [-0.15, -0.1) is 0 Å². The van der Waals surface area contributed by atoms with Crippen LogP contribution in [0, 0.1) is 0 Å². The molecule has 0 bridgehead atoms. The molecule has 1 aliphatic heterocycles. The van der Waals surface area contributed by atoms with Crippen molar-refractivity contribution in [2.45, 2.75) is 19.5 Å². The first kappa shape index (κ1) is 15.2. The second-order valence-corrected chi connectivity index (χ2v) is 5.63. The SMILES string of the molecule is COc1ccc(CNC(=O)N2CCc3ccc(O)cc3C2)cc1. The number of hydrogen-bond donors (Lipinski definition) is 2. The predicted octanol–water partition coefficient (Wildman–Crippen LogP) is 2.67. The largest absolute Gasteiger partial charge is 0.508 e. The van der Waals surface area contributed by atoms with Crippen molar-refractivity contribution >= 4 is 6.03 Å². The van der Waals surface area contributed by atoms with E-state index in [2.05, 4.69) is 5.32 Å². The average molecular weight is 312 g/mol. The number of ether oxygens (including phenoxy) is 1. The number of fused-ring (bicyclic) bond motifs is 1. The van der Waals surface area contributed by atoms with Crippen LogP contribution in [-0.4, -0.2) is 29.7 Å². The normalized spacial score (nSPS) is 13.3. The van der Waals surface area contributed by atoms with Gasteiger partial charge in [0.05, 0.1) is 7.11 Å². The quantitative estimate of drug-likeness (QED) is 0.916. The molecule has 2 N–H and O–H groups in total. The number of aromatic hydroxyl groups is 1. The number of amides is 2. The molecule has 5 nitrogen and oxygen atoms in total. The molecule has 2 aromatic carbocycles. The van der Waals surface area contributed by atoms with Gasteiger partial charge in [-0.05, 0) is 47.4 Å². The van der Waals surface area contributed by atoms with Gasteiger partial charge in [-0.3, -0.25) is 0 Å². The maximum Gasteiger partial charge on any atom is 0.317 e. The first-order chi connectivity index (χ1) is 11.2. The number of hydrogen-bond acceptors (Lipinski definition) is 3. The number of methoxy groups -OCH3 is 1. The zero-order valence-corrected chi connectivity index (χ0v) is 13.1. The van der Waals surface area contributed by atoms with Gasteiger partial charge in [-0.2, -0.15) is 0 Å². The van der Waals surface area contributed by atoms with Gasteiger partial charge in [0.1, 0.15) is 11.5 Å². The van der Waals surface area contributed by atoms with Crippen molar-refractivity contribution in [3.63, 3.8) is 0 Å². The summed E-state index contributed by atoms with van der Waals surface area (Å²) in [5, 5.41) is 12.5. The van der Waals surface area contributed by atoms with Crippen molar-refractivity contribution < 1.29 is 14.6 Å². The third-order valence-corrected chi connectivity index (χ3v) is 4.09. The molecule has 0 atom stereocenters. The zero-order valence-electron chi connectivity index (χ0n) is 13.1. The number of nitrogens with zero attached hydrogens (tertiary/aromatic N) is 1. The standard InChI is InChI=1S/C18H20N2O3/c1-23-17-6-2-13(3-7-17)11-19-18(22)20-9-8-14-4-5-16(21)10-15(14)12-20/h2-7,10,21H,8-9,11-12H2,1H3,(H,19,22). The lowest BCUT2D eigenvalue weighted by molar-refractivity contribution is 0.192. The summed E-state index contributed by atoms with van der Waals surface area (Å²) in [7, 11) is 1.63. The maximum atomic E-state index is 12.3. The minimum Gasteiger partial charge on any atom is -0.508 e. The summed E-state index contributed by atoms with van der Waals surface area (Å²) in [5.74, 6) is 1.04. The van der Waals surface area contributed by atoms with Crippen molar-refractivity contribution in [1.29, 1.82) is 0 Å². The topological polar surface area (TPSA) is 61.8 Å². The number of nitrogens with one attached hydrogen (secondary N) is 1. The highest BCUT2D eigenvalue weighted by Gasteiger charge is 2.20. The predicted molar refractivity (Wildman–Crippen MR) is 87.5 cm³/mol. The Hall–Kier alpha value is -2.69. The van der Waals surface area contributed by atoms with Gasteiger partial charge in [-0.1, -0.05) is 18.2 Å². The van der Waals surface area contributed by atoms with Crippen LogP contribution in [0.2, 0.25) is 0 Å². The number of phenolic OH excluding ortho intramolecular Hbond substituents is 1. The van der Waals surface area contributed by atoms with Crippen LogP contribution in [0.5, 0.6) is 11.5 Å². The molecule has 1 aliphatic rings. The Labute approximate surface area is 135 Å². The van der Waals surface area contributed by atoms with Gasteiger partial charge < -0.3 is 20.1 Å². The molecular weight excluding hydrogens is 292 g/mol. The Morgan fingerprint density at radius 2 is 2.00 bits per heavy atom. The summed E-state index contributed by atoms with van der Waals surface area (Å²) >= 11 is 0. The van der Waals surface area contributed by atoms with Crippen LogP contribution < -0.4 is 10.1 Å². The van der Waals surface area contributed by atoms with E-state index in [9.17, 15) is 9.90 Å². The van der Waals surface area contributed by atoms with E-state index in [1.165, 1.54) is 5.56 Å². The fourth-order valence-corrected chi connectivity index (χ4v) is 2.75. The van der Waals surface area contributed by atoms with Gasteiger partial charge in [-0.25, -0.2) is 4.79 Å². The molecule has 0 saturated heterocycles. The highest BCUT2D eigenvalue weighted by Crippen LogP contribution is 2.23. The van der Waals surface area contributed by atoms with Gasteiger partial charge in [0.15, 0.2) is 0 Å². The summed E-state index contributed by atoms with van der Waals surface area (Å²) in [6.07, 6.45) is 0.811. The minimum absolute atomic E-state index is 0.0881. The van der Waals surface area contributed by atoms with E-state index >= 15 is 0 Å². The molecule has 120 valence electrons. The Morgan fingerprint density at radius 1 is 1.22 bits per heavy atom. The molecule has 2 aromatic rings. The average Bonchev–Trinajstić information content (AvgIpc) is 2.59. The lowest BCUT2D eigenvalue weighted by Gasteiger charge is -2.29. The van der Waals surface area contributed by atoms with Crippen LogP contribution >= 0.6 is 0 Å². The molecule has 3 rings (SSSR count). The zero-order chi connectivity index (χ0) is 16.2. The molecule has 5 heteroatoms. The molecular formula is C18H20N2O3. The minimum atomic E-state index is -0.0881. The summed E-state index contributed by atoms with van der Waals surface area (Å²) in [6, 6.07) is 12.9. The third kappa shape index (κ3) is 3.56. The van der Waals surface area contributed by atoms with Gasteiger partial charge in [0.25, 0.3) is 0 Å². The molecule has 0 aromatic heterocycles. The van der Waals surface area contributed by atoms with E-state index < -0.39 is 0 Å². The summed E-state index contributed by atoms with van der Waals surface area (Å²) in [5.41, 5.74) is 3.23. The van der Waals surface area contributed by atoms with Crippen molar-refractivity contribution in [2.75, 3.05) is 13.7 Å². The summed E-state index contributed by atoms with van der Waals surface area (Å²) < 4.78 is 5.12. The smallest absolute Gasteiger partial charge is 0.317 e. The molecule has 0 unspecified atom stereocenters. The summed E-state index contributed by atoms with van der Waals surface area (Å²) in [6.45, 7) is 1.69. The van der Waals surface area contributed by atoms with Crippen LogP contribution in [0.15, 0.2) is 42.5 Å². The highest BCUT2D eigenvalue weighted by atomic mass is 16.5. The Bertz CT molecular complexity index is 698. The van der Waals surface area contributed by atoms with Crippen molar-refractivity contribution in [3.05, 3.63) is 59.2 Å². The van der Waals surface area contributed by atoms with Gasteiger partial charge in [0, 0.05) is 19.6 Å². The molecule has 0 radical (unpaired) electrons. The maximum absolute atomic E-state index is 12.3. The summed E-state index contributed by atoms with van der Waals surface area (Å²) in [4.78, 5) is 14.1. The second-order valence-electron chi connectivity index (χ2n) is 5.63. The molecule has 23 heavy (non-hydrogen) atoms. The molecule has 0 spiro atoms. The Balaban J connectivity index is 1.58. The highest BCUT2D eigenvalue weighted by molar-refractivity contribution is 5.74. The molecule has 0 saturated carbocycles. The first-order valence-electron chi connectivity index (χ1n) is 7.62. The van der Waals surface area contributed by atoms with Crippen molar-refractivity contribution in [1.82, 2.24) is 10.2 Å². The van der Waals surface area contributed by atoms with Crippen LogP contribution in [0.1, 0.15) is 16.7 Å². The Morgan fingerprint density at radius 3 is 2.74 bits per heavy atom. The lowest BCUT2D eigenvalue weighted by Crippen LogP contribution is -2.42. The van der Waals surface area contributed by atoms with Crippen molar-refractivity contribution in [3.8, 4) is 11.5 Å². The second kappa shape index (κ2) is 6.60. The number of rotatable bonds is 3. The number of carbonyl (C=O) groups excluding carboxylic acids is 1. The number of phenols is 1. The number of carbonyl (C=O) groups is 1. The monoisotopic (exact) mass is 312 g/mol. The third-order valence-electron chi connectivity index (χ3n) is 4.09. The fourth-order valence-electron chi connectivity index (χ4n) is 2.75. The van der Waals surface area contributed by atoms with Crippen LogP contribution in [0.25, 0.3) is 0 Å². The van der Waals surface area contributed by atoms with E-state index in [4.69, 9.17) is 4.74 Å². The number of urea groups is 1. The molecule has 0 fully saturated rings. The lowest BCUT2D eigenvalue weighted by atomic mass is 10.00. The van der Waals surface area contributed by atoms with E-state index in [1.54, 1.807) is 24.1 Å². The van der Waals surface area contributed by atoms with E-state index in [0.29, 0.717) is 19.6 Å². The van der Waals surface area contributed by atoms with Gasteiger partial charge >= 0.3 is 6.03 Å². The van der Waals surface area contributed by atoms with E-state index in [-0.39, 0.29) is 11.8 Å². The van der Waals surface area contributed by atoms with Crippen LogP contribution in [0.3, 0.4) is 0 Å². The van der Waals surface area contributed by atoms with E-state index in [1.807, 2.05) is 30.3 Å². The Kier molecular flexibility index (Phi) is 4.37.